The predicted molar refractivity (Wildman–Crippen MR) is 111 cm³/mol. The number of piperidine rings is 1. The zero-order chi connectivity index (χ0) is 19.9. The number of anilines is 2. The smallest absolute Gasteiger partial charge is 0.255 e. The van der Waals surface area contributed by atoms with Crippen molar-refractivity contribution < 1.29 is 9.18 Å². The molecule has 1 aromatic carbocycles. The topological polar surface area (TPSA) is 83.3 Å². The Hall–Kier alpha value is -2.67. The van der Waals surface area contributed by atoms with Gasteiger partial charge in [0, 0.05) is 25.2 Å². The Morgan fingerprint density at radius 2 is 2.00 bits per heavy atom. The summed E-state index contributed by atoms with van der Waals surface area (Å²) in [6, 6.07) is 8.04. The molecule has 1 aliphatic heterocycles. The number of likely N-dealkylation sites (tertiary alicyclic amines) is 1. The highest BCUT2D eigenvalue weighted by molar-refractivity contribution is 5.99. The maximum Gasteiger partial charge on any atom is 0.255 e. The van der Waals surface area contributed by atoms with Crippen LogP contribution in [0.25, 0.3) is 11.3 Å². The number of rotatable bonds is 7. The standard InChI is InChI=1S/C21H28FN5O/c1-2-24-20-16(21(28)25-10-13-27-11-4-3-5-12-27)7-9-19(26-20)15-6-8-18(23)17(22)14-15/h6-9,14H,2-5,10-13,23H2,1H3,(H,24,26)(H,25,28). The van der Waals surface area contributed by atoms with Gasteiger partial charge in [-0.2, -0.15) is 0 Å². The van der Waals surface area contributed by atoms with Crippen molar-refractivity contribution in [2.75, 3.05) is 43.8 Å². The van der Waals surface area contributed by atoms with Crippen molar-refractivity contribution >= 4 is 17.4 Å². The van der Waals surface area contributed by atoms with Crippen LogP contribution in [0.2, 0.25) is 0 Å². The van der Waals surface area contributed by atoms with E-state index in [1.807, 2.05) is 6.92 Å². The highest BCUT2D eigenvalue weighted by Crippen LogP contribution is 2.24. The van der Waals surface area contributed by atoms with E-state index in [1.54, 1.807) is 18.2 Å². The molecule has 6 nitrogen and oxygen atoms in total. The fraction of sp³-hybridized carbons (Fsp3) is 0.429. The van der Waals surface area contributed by atoms with Gasteiger partial charge in [-0.25, -0.2) is 9.37 Å². The van der Waals surface area contributed by atoms with Crippen molar-refractivity contribution in [1.82, 2.24) is 15.2 Å². The monoisotopic (exact) mass is 385 g/mol. The molecule has 0 saturated carbocycles. The molecule has 28 heavy (non-hydrogen) atoms. The van der Waals surface area contributed by atoms with Crippen LogP contribution >= 0.6 is 0 Å². The molecule has 7 heteroatoms. The summed E-state index contributed by atoms with van der Waals surface area (Å²) in [5, 5.41) is 6.12. The van der Waals surface area contributed by atoms with Crippen molar-refractivity contribution in [3.05, 3.63) is 41.7 Å². The maximum atomic E-state index is 13.8. The molecule has 1 fully saturated rings. The first-order chi connectivity index (χ1) is 13.6. The van der Waals surface area contributed by atoms with E-state index in [-0.39, 0.29) is 11.6 Å². The minimum atomic E-state index is -0.483. The largest absolute Gasteiger partial charge is 0.396 e. The second-order valence-electron chi connectivity index (χ2n) is 7.02. The number of benzene rings is 1. The van der Waals surface area contributed by atoms with Crippen molar-refractivity contribution in [3.63, 3.8) is 0 Å². The van der Waals surface area contributed by atoms with Crippen molar-refractivity contribution in [1.29, 1.82) is 0 Å². The first-order valence-electron chi connectivity index (χ1n) is 9.89. The van der Waals surface area contributed by atoms with E-state index in [9.17, 15) is 9.18 Å². The molecule has 0 radical (unpaired) electrons. The number of pyridine rings is 1. The number of nitrogen functional groups attached to an aromatic ring is 1. The number of nitrogens with one attached hydrogen (secondary N) is 2. The SMILES string of the molecule is CCNc1nc(-c2ccc(N)c(F)c2)ccc1C(=O)NCCN1CCCCC1. The van der Waals surface area contributed by atoms with Gasteiger partial charge in [0.15, 0.2) is 0 Å². The number of carbonyl (C=O) groups is 1. The van der Waals surface area contributed by atoms with E-state index in [0.717, 1.165) is 19.6 Å². The fourth-order valence-corrected chi connectivity index (χ4v) is 3.40. The number of carbonyl (C=O) groups excluding carboxylic acids is 1. The summed E-state index contributed by atoms with van der Waals surface area (Å²) in [4.78, 5) is 19.6. The molecule has 1 amide bonds. The van der Waals surface area contributed by atoms with Crippen LogP contribution in [0.4, 0.5) is 15.9 Å². The summed E-state index contributed by atoms with van der Waals surface area (Å²) in [6.07, 6.45) is 3.76. The Balaban J connectivity index is 1.70. The summed E-state index contributed by atoms with van der Waals surface area (Å²) in [5.41, 5.74) is 7.33. The van der Waals surface area contributed by atoms with Gasteiger partial charge in [0.2, 0.25) is 0 Å². The highest BCUT2D eigenvalue weighted by Gasteiger charge is 2.15. The van der Waals surface area contributed by atoms with Crippen LogP contribution in [0.1, 0.15) is 36.5 Å². The van der Waals surface area contributed by atoms with Crippen LogP contribution in [-0.2, 0) is 0 Å². The van der Waals surface area contributed by atoms with Gasteiger partial charge in [0.25, 0.3) is 5.91 Å². The van der Waals surface area contributed by atoms with E-state index < -0.39 is 5.82 Å². The van der Waals surface area contributed by atoms with Gasteiger partial charge in [-0.3, -0.25) is 4.79 Å². The van der Waals surface area contributed by atoms with Gasteiger partial charge >= 0.3 is 0 Å². The number of hydrogen-bond acceptors (Lipinski definition) is 5. The van der Waals surface area contributed by atoms with E-state index in [0.29, 0.717) is 35.7 Å². The molecule has 0 aliphatic carbocycles. The number of nitrogens with two attached hydrogens (primary N) is 1. The first-order valence-corrected chi connectivity index (χ1v) is 9.89. The van der Waals surface area contributed by atoms with Crippen LogP contribution < -0.4 is 16.4 Å². The Morgan fingerprint density at radius 3 is 2.71 bits per heavy atom. The van der Waals surface area contributed by atoms with Gasteiger partial charge < -0.3 is 21.3 Å². The van der Waals surface area contributed by atoms with Gasteiger partial charge in [0.1, 0.15) is 11.6 Å². The summed E-state index contributed by atoms with van der Waals surface area (Å²) in [5.74, 6) is -0.146. The van der Waals surface area contributed by atoms with Gasteiger partial charge in [-0.15, -0.1) is 0 Å². The zero-order valence-electron chi connectivity index (χ0n) is 16.3. The van der Waals surface area contributed by atoms with E-state index in [2.05, 4.69) is 20.5 Å². The Bertz CT molecular complexity index is 820. The zero-order valence-corrected chi connectivity index (χ0v) is 16.3. The molecule has 2 heterocycles. The van der Waals surface area contributed by atoms with Crippen LogP contribution in [0.5, 0.6) is 0 Å². The average Bonchev–Trinajstić information content (AvgIpc) is 2.71. The molecule has 0 unspecified atom stereocenters. The number of hydrogen-bond donors (Lipinski definition) is 3. The second-order valence-corrected chi connectivity index (χ2v) is 7.02. The second kappa shape index (κ2) is 9.50. The van der Waals surface area contributed by atoms with Crippen molar-refractivity contribution in [2.24, 2.45) is 0 Å². The van der Waals surface area contributed by atoms with Crippen LogP contribution in [0.15, 0.2) is 30.3 Å². The lowest BCUT2D eigenvalue weighted by atomic mass is 10.1. The third kappa shape index (κ3) is 4.98. The third-order valence-corrected chi connectivity index (χ3v) is 4.94. The summed E-state index contributed by atoms with van der Waals surface area (Å²) >= 11 is 0. The molecule has 2 aromatic rings. The van der Waals surface area contributed by atoms with Gasteiger partial charge in [0.05, 0.1) is 16.9 Å². The number of nitrogens with zero attached hydrogens (tertiary/aromatic N) is 2. The minimum absolute atomic E-state index is 0.0976. The van der Waals surface area contributed by atoms with Crippen LogP contribution in [0.3, 0.4) is 0 Å². The minimum Gasteiger partial charge on any atom is -0.396 e. The number of halogens is 1. The molecule has 0 spiro atoms. The third-order valence-electron chi connectivity index (χ3n) is 4.94. The molecular weight excluding hydrogens is 357 g/mol. The van der Waals surface area contributed by atoms with Crippen molar-refractivity contribution in [2.45, 2.75) is 26.2 Å². The van der Waals surface area contributed by atoms with Gasteiger partial charge in [-0.05, 0) is 57.1 Å². The number of aromatic nitrogens is 1. The summed E-state index contributed by atoms with van der Waals surface area (Å²) < 4.78 is 13.8. The van der Waals surface area contributed by atoms with E-state index >= 15 is 0 Å². The molecule has 1 saturated heterocycles. The normalized spacial score (nSPS) is 14.6. The lowest BCUT2D eigenvalue weighted by Crippen LogP contribution is -2.37. The molecule has 1 aliphatic rings. The Kier molecular flexibility index (Phi) is 6.81. The molecule has 0 atom stereocenters. The van der Waals surface area contributed by atoms with E-state index in [4.69, 9.17) is 5.73 Å². The Labute approximate surface area is 165 Å². The summed E-state index contributed by atoms with van der Waals surface area (Å²) in [6.45, 7) is 6.24. The molecule has 4 N–H and O–H groups in total. The first kappa shape index (κ1) is 20.1. The quantitative estimate of drug-likeness (QED) is 0.638. The molecular formula is C21H28FN5O. The predicted octanol–water partition coefficient (Wildman–Crippen LogP) is 3.12. The van der Waals surface area contributed by atoms with Crippen molar-refractivity contribution in [3.8, 4) is 11.3 Å². The highest BCUT2D eigenvalue weighted by atomic mass is 19.1. The van der Waals surface area contributed by atoms with E-state index in [1.165, 1.54) is 31.4 Å². The molecule has 3 rings (SSSR count). The lowest BCUT2D eigenvalue weighted by molar-refractivity contribution is 0.0947. The van der Waals surface area contributed by atoms with Gasteiger partial charge in [-0.1, -0.05) is 12.5 Å². The van der Waals surface area contributed by atoms with Crippen LogP contribution in [-0.4, -0.2) is 48.5 Å². The molecule has 1 aromatic heterocycles. The molecule has 150 valence electrons. The van der Waals surface area contributed by atoms with Crippen LogP contribution in [0, 0.1) is 5.82 Å². The Morgan fingerprint density at radius 1 is 1.21 bits per heavy atom. The summed E-state index contributed by atoms with van der Waals surface area (Å²) in [7, 11) is 0. The lowest BCUT2D eigenvalue weighted by Gasteiger charge is -2.26. The molecule has 0 bridgehead atoms. The fourth-order valence-electron chi connectivity index (χ4n) is 3.40. The maximum absolute atomic E-state index is 13.8. The number of amides is 1. The average molecular weight is 385 g/mol.